The van der Waals surface area contributed by atoms with Crippen molar-refractivity contribution < 1.29 is 4.79 Å². The largest absolute Gasteiger partial charge is 0.353 e. The SMILES string of the molecule is CCNC(C#N)CC(=O)NC1CC1. The Morgan fingerprint density at radius 2 is 2.38 bits per heavy atom. The Kier molecular flexibility index (Phi) is 3.71. The van der Waals surface area contributed by atoms with E-state index in [0.717, 1.165) is 19.4 Å². The number of carbonyl (C=O) groups is 1. The predicted octanol–water partition coefficient (Wildman–Crippen LogP) is 0.157. The normalized spacial score (nSPS) is 17.5. The fourth-order valence-corrected chi connectivity index (χ4v) is 1.11. The first-order valence-electron chi connectivity index (χ1n) is 4.68. The van der Waals surface area contributed by atoms with Gasteiger partial charge in [-0.1, -0.05) is 6.92 Å². The average Bonchev–Trinajstić information content (AvgIpc) is 2.87. The highest BCUT2D eigenvalue weighted by molar-refractivity contribution is 5.77. The van der Waals surface area contributed by atoms with Crippen molar-refractivity contribution in [2.75, 3.05) is 6.54 Å². The lowest BCUT2D eigenvalue weighted by atomic mass is 10.2. The molecule has 4 nitrogen and oxygen atoms in total. The van der Waals surface area contributed by atoms with Gasteiger partial charge in [0.1, 0.15) is 6.04 Å². The second kappa shape index (κ2) is 4.83. The van der Waals surface area contributed by atoms with Crippen LogP contribution in [-0.4, -0.2) is 24.5 Å². The highest BCUT2D eigenvalue weighted by Gasteiger charge is 2.24. The first-order valence-corrected chi connectivity index (χ1v) is 4.68. The van der Waals surface area contributed by atoms with Crippen molar-refractivity contribution in [2.24, 2.45) is 0 Å². The van der Waals surface area contributed by atoms with Gasteiger partial charge in [-0.05, 0) is 19.4 Å². The molecule has 1 amide bonds. The van der Waals surface area contributed by atoms with Crippen molar-refractivity contribution in [2.45, 2.75) is 38.3 Å². The van der Waals surface area contributed by atoms with Crippen LogP contribution in [0.3, 0.4) is 0 Å². The summed E-state index contributed by atoms with van der Waals surface area (Å²) in [5, 5.41) is 14.4. The average molecular weight is 181 g/mol. The van der Waals surface area contributed by atoms with Crippen LogP contribution in [0.25, 0.3) is 0 Å². The Balaban J connectivity index is 2.19. The van der Waals surface area contributed by atoms with Crippen molar-refractivity contribution in [1.29, 1.82) is 5.26 Å². The number of hydrogen-bond donors (Lipinski definition) is 2. The number of carbonyl (C=O) groups excluding carboxylic acids is 1. The van der Waals surface area contributed by atoms with Crippen LogP contribution >= 0.6 is 0 Å². The molecule has 0 bridgehead atoms. The molecular formula is C9H15N3O. The molecule has 1 atom stereocenters. The van der Waals surface area contributed by atoms with Gasteiger partial charge >= 0.3 is 0 Å². The Morgan fingerprint density at radius 3 is 2.85 bits per heavy atom. The first-order chi connectivity index (χ1) is 6.26. The van der Waals surface area contributed by atoms with Gasteiger partial charge in [0.25, 0.3) is 0 Å². The quantitative estimate of drug-likeness (QED) is 0.635. The molecule has 0 aliphatic heterocycles. The van der Waals surface area contributed by atoms with Gasteiger partial charge in [0.2, 0.25) is 5.91 Å². The third-order valence-corrected chi connectivity index (χ3v) is 1.94. The summed E-state index contributed by atoms with van der Waals surface area (Å²) in [6.07, 6.45) is 2.44. The van der Waals surface area contributed by atoms with Gasteiger partial charge in [-0.25, -0.2) is 0 Å². The third-order valence-electron chi connectivity index (χ3n) is 1.94. The van der Waals surface area contributed by atoms with Gasteiger partial charge in [0.05, 0.1) is 12.5 Å². The Morgan fingerprint density at radius 1 is 1.69 bits per heavy atom. The number of hydrogen-bond acceptors (Lipinski definition) is 3. The second-order valence-corrected chi connectivity index (χ2v) is 3.29. The maximum atomic E-state index is 11.2. The van der Waals surface area contributed by atoms with E-state index in [1.807, 2.05) is 6.92 Å². The van der Waals surface area contributed by atoms with Gasteiger partial charge < -0.3 is 10.6 Å². The topological polar surface area (TPSA) is 64.9 Å². The minimum absolute atomic E-state index is 0.0185. The molecule has 1 aliphatic rings. The zero-order valence-corrected chi connectivity index (χ0v) is 7.84. The molecule has 4 heteroatoms. The van der Waals surface area contributed by atoms with Crippen LogP contribution < -0.4 is 10.6 Å². The molecule has 0 saturated heterocycles. The summed E-state index contributed by atoms with van der Waals surface area (Å²) in [5.74, 6) is -0.0185. The fraction of sp³-hybridized carbons (Fsp3) is 0.778. The van der Waals surface area contributed by atoms with Crippen molar-refractivity contribution in [3.8, 4) is 6.07 Å². The highest BCUT2D eigenvalue weighted by Crippen LogP contribution is 2.18. The number of nitrogens with zero attached hydrogens (tertiary/aromatic N) is 1. The molecule has 0 heterocycles. The lowest BCUT2D eigenvalue weighted by Gasteiger charge is -2.09. The molecule has 0 aromatic carbocycles. The summed E-state index contributed by atoms with van der Waals surface area (Å²) in [4.78, 5) is 11.2. The summed E-state index contributed by atoms with van der Waals surface area (Å²) in [5.41, 5.74) is 0. The van der Waals surface area contributed by atoms with Gasteiger partial charge in [-0.3, -0.25) is 4.79 Å². The number of rotatable bonds is 5. The summed E-state index contributed by atoms with van der Waals surface area (Å²) < 4.78 is 0. The van der Waals surface area contributed by atoms with Gasteiger partial charge in [0.15, 0.2) is 0 Å². The van der Waals surface area contributed by atoms with E-state index in [4.69, 9.17) is 5.26 Å². The van der Waals surface area contributed by atoms with E-state index >= 15 is 0 Å². The van der Waals surface area contributed by atoms with Gasteiger partial charge in [-0.15, -0.1) is 0 Å². The molecule has 0 aromatic rings. The molecule has 72 valence electrons. The van der Waals surface area contributed by atoms with E-state index in [-0.39, 0.29) is 18.4 Å². The second-order valence-electron chi connectivity index (χ2n) is 3.29. The van der Waals surface area contributed by atoms with E-state index in [1.54, 1.807) is 0 Å². The van der Waals surface area contributed by atoms with Crippen LogP contribution in [0.15, 0.2) is 0 Å². The standard InChI is InChI=1S/C9H15N3O/c1-2-11-8(6-10)5-9(13)12-7-3-4-7/h7-8,11H,2-5H2,1H3,(H,12,13). The van der Waals surface area contributed by atoms with E-state index in [1.165, 1.54) is 0 Å². The molecule has 13 heavy (non-hydrogen) atoms. The maximum absolute atomic E-state index is 11.2. The van der Waals surface area contributed by atoms with Crippen molar-refractivity contribution in [1.82, 2.24) is 10.6 Å². The van der Waals surface area contributed by atoms with E-state index in [2.05, 4.69) is 16.7 Å². The predicted molar refractivity (Wildman–Crippen MR) is 48.9 cm³/mol. The molecule has 0 aromatic heterocycles. The van der Waals surface area contributed by atoms with Gasteiger partial charge in [-0.2, -0.15) is 5.26 Å². The smallest absolute Gasteiger partial charge is 0.222 e. The number of nitriles is 1. The summed E-state index contributed by atoms with van der Waals surface area (Å²) in [7, 11) is 0. The molecule has 1 unspecified atom stereocenters. The van der Waals surface area contributed by atoms with E-state index in [0.29, 0.717) is 6.04 Å². The highest BCUT2D eigenvalue weighted by atomic mass is 16.1. The first kappa shape index (κ1) is 10.0. The zero-order chi connectivity index (χ0) is 9.68. The monoisotopic (exact) mass is 181 g/mol. The molecule has 0 radical (unpaired) electrons. The van der Waals surface area contributed by atoms with Crippen LogP contribution in [0.2, 0.25) is 0 Å². The maximum Gasteiger partial charge on any atom is 0.222 e. The molecular weight excluding hydrogens is 166 g/mol. The lowest BCUT2D eigenvalue weighted by molar-refractivity contribution is -0.121. The van der Waals surface area contributed by atoms with Crippen LogP contribution in [0, 0.1) is 11.3 Å². The number of amides is 1. The van der Waals surface area contributed by atoms with E-state index < -0.39 is 0 Å². The molecule has 1 aliphatic carbocycles. The molecule has 1 fully saturated rings. The van der Waals surface area contributed by atoms with Crippen LogP contribution in [0.1, 0.15) is 26.2 Å². The minimum Gasteiger partial charge on any atom is -0.353 e. The molecule has 2 N–H and O–H groups in total. The summed E-state index contributed by atoms with van der Waals surface area (Å²) in [6.45, 7) is 2.64. The van der Waals surface area contributed by atoms with Crippen LogP contribution in [0.4, 0.5) is 0 Å². The summed E-state index contributed by atoms with van der Waals surface area (Å²) in [6, 6.07) is 2.09. The fourth-order valence-electron chi connectivity index (χ4n) is 1.11. The van der Waals surface area contributed by atoms with Crippen molar-refractivity contribution in [3.63, 3.8) is 0 Å². The molecule has 1 rings (SSSR count). The van der Waals surface area contributed by atoms with E-state index in [9.17, 15) is 4.79 Å². The third kappa shape index (κ3) is 3.90. The van der Waals surface area contributed by atoms with Crippen LogP contribution in [-0.2, 0) is 4.79 Å². The lowest BCUT2D eigenvalue weighted by Crippen LogP contribution is -2.35. The van der Waals surface area contributed by atoms with Crippen molar-refractivity contribution in [3.05, 3.63) is 0 Å². The minimum atomic E-state index is -0.344. The zero-order valence-electron chi connectivity index (χ0n) is 7.84. The number of nitrogens with one attached hydrogen (secondary N) is 2. The Labute approximate surface area is 78.3 Å². The summed E-state index contributed by atoms with van der Waals surface area (Å²) >= 11 is 0. The molecule has 0 spiro atoms. The Hall–Kier alpha value is -1.08. The Bertz CT molecular complexity index is 217. The van der Waals surface area contributed by atoms with Gasteiger partial charge in [0, 0.05) is 6.04 Å². The molecule has 1 saturated carbocycles. The van der Waals surface area contributed by atoms with Crippen LogP contribution in [0.5, 0.6) is 0 Å². The van der Waals surface area contributed by atoms with Crippen molar-refractivity contribution >= 4 is 5.91 Å².